The zero-order valence-electron chi connectivity index (χ0n) is 11.9. The van der Waals surface area contributed by atoms with Crippen LogP contribution in [-0.2, 0) is 11.4 Å². The van der Waals surface area contributed by atoms with E-state index in [-0.39, 0.29) is 5.91 Å². The van der Waals surface area contributed by atoms with Gasteiger partial charge in [0.05, 0.1) is 0 Å². The van der Waals surface area contributed by atoms with Crippen LogP contribution in [0.15, 0.2) is 54.6 Å². The number of carbonyl (C=O) groups is 1. The van der Waals surface area contributed by atoms with Crippen LogP contribution in [0, 0.1) is 0 Å². The molecule has 0 aromatic heterocycles. The van der Waals surface area contributed by atoms with Crippen molar-refractivity contribution in [3.05, 3.63) is 65.7 Å². The predicted molar refractivity (Wildman–Crippen MR) is 84.5 cm³/mol. The Labute approximate surface area is 129 Å². The van der Waals surface area contributed by atoms with E-state index < -0.39 is 5.38 Å². The second kappa shape index (κ2) is 7.70. The number of nitrogens with one attached hydrogen (secondary N) is 1. The summed E-state index contributed by atoms with van der Waals surface area (Å²) in [6, 6.07) is 17.2. The summed E-state index contributed by atoms with van der Waals surface area (Å²) in [6.07, 6.45) is 0. The summed E-state index contributed by atoms with van der Waals surface area (Å²) >= 11 is 6.11. The van der Waals surface area contributed by atoms with Gasteiger partial charge in [0.15, 0.2) is 0 Å². The number of likely N-dealkylation sites (N-methyl/N-ethyl adjacent to an activating group) is 1. The van der Waals surface area contributed by atoms with Crippen molar-refractivity contribution >= 4 is 17.5 Å². The number of carbonyl (C=O) groups excluding carboxylic acids is 1. The highest BCUT2D eigenvalue weighted by molar-refractivity contribution is 6.30. The Morgan fingerprint density at radius 2 is 1.81 bits per heavy atom. The van der Waals surface area contributed by atoms with Gasteiger partial charge in [0.1, 0.15) is 17.7 Å². The van der Waals surface area contributed by atoms with Crippen LogP contribution >= 0.6 is 11.6 Å². The van der Waals surface area contributed by atoms with E-state index in [0.717, 1.165) is 16.9 Å². The fourth-order valence-electron chi connectivity index (χ4n) is 1.89. The van der Waals surface area contributed by atoms with E-state index in [1.807, 2.05) is 61.5 Å². The van der Waals surface area contributed by atoms with Gasteiger partial charge in [0.2, 0.25) is 5.91 Å². The Bertz CT molecular complexity index is 569. The van der Waals surface area contributed by atoms with Crippen LogP contribution in [0.25, 0.3) is 0 Å². The first-order valence-corrected chi connectivity index (χ1v) is 7.33. The lowest BCUT2D eigenvalue weighted by Gasteiger charge is -2.11. The topological polar surface area (TPSA) is 38.3 Å². The zero-order chi connectivity index (χ0) is 15.1. The smallest absolute Gasteiger partial charge is 0.242 e. The monoisotopic (exact) mass is 303 g/mol. The van der Waals surface area contributed by atoms with Gasteiger partial charge in [0.25, 0.3) is 0 Å². The first-order valence-electron chi connectivity index (χ1n) is 6.89. The zero-order valence-corrected chi connectivity index (χ0v) is 12.6. The minimum atomic E-state index is -0.673. The number of ether oxygens (including phenoxy) is 1. The molecular weight excluding hydrogens is 286 g/mol. The van der Waals surface area contributed by atoms with Crippen molar-refractivity contribution < 1.29 is 9.53 Å². The molecule has 0 aliphatic heterocycles. The number of hydrogen-bond acceptors (Lipinski definition) is 2. The molecule has 0 bridgehead atoms. The maximum Gasteiger partial charge on any atom is 0.242 e. The van der Waals surface area contributed by atoms with E-state index in [1.54, 1.807) is 0 Å². The van der Waals surface area contributed by atoms with E-state index in [1.165, 1.54) is 0 Å². The van der Waals surface area contributed by atoms with Crippen LogP contribution in [0.3, 0.4) is 0 Å². The minimum absolute atomic E-state index is 0.183. The van der Waals surface area contributed by atoms with Crippen LogP contribution in [-0.4, -0.2) is 12.5 Å². The van der Waals surface area contributed by atoms with Gasteiger partial charge >= 0.3 is 0 Å². The maximum atomic E-state index is 11.7. The Hall–Kier alpha value is -2.00. The van der Waals surface area contributed by atoms with Crippen molar-refractivity contribution in [2.45, 2.75) is 18.9 Å². The van der Waals surface area contributed by atoms with E-state index in [0.29, 0.717) is 13.2 Å². The fourth-order valence-corrected chi connectivity index (χ4v) is 2.11. The van der Waals surface area contributed by atoms with Crippen molar-refractivity contribution in [1.82, 2.24) is 5.32 Å². The van der Waals surface area contributed by atoms with Gasteiger partial charge in [-0.15, -0.1) is 11.6 Å². The summed E-state index contributed by atoms with van der Waals surface area (Å²) in [5, 5.41) is 2.03. The number of benzene rings is 2. The van der Waals surface area contributed by atoms with Crippen molar-refractivity contribution in [2.24, 2.45) is 0 Å². The van der Waals surface area contributed by atoms with Crippen LogP contribution in [0.1, 0.15) is 23.4 Å². The molecule has 2 aromatic rings. The molecule has 0 aliphatic rings. The molecule has 21 heavy (non-hydrogen) atoms. The first kappa shape index (κ1) is 15.4. The summed E-state index contributed by atoms with van der Waals surface area (Å²) < 4.78 is 5.69. The Balaban J connectivity index is 1.94. The Morgan fingerprint density at radius 3 is 2.43 bits per heavy atom. The SMILES string of the molecule is CCNC(=O)C(Cl)c1ccc(OCc2ccccc2)cc1. The van der Waals surface area contributed by atoms with Crippen LogP contribution < -0.4 is 10.1 Å². The molecule has 4 heteroatoms. The van der Waals surface area contributed by atoms with E-state index in [2.05, 4.69) is 5.32 Å². The fraction of sp³-hybridized carbons (Fsp3) is 0.235. The highest BCUT2D eigenvalue weighted by Crippen LogP contribution is 2.23. The molecule has 1 amide bonds. The number of amides is 1. The normalized spacial score (nSPS) is 11.7. The molecule has 2 rings (SSSR count). The quantitative estimate of drug-likeness (QED) is 0.827. The first-order chi connectivity index (χ1) is 10.2. The molecule has 1 N–H and O–H groups in total. The van der Waals surface area contributed by atoms with Gasteiger partial charge < -0.3 is 10.1 Å². The average molecular weight is 304 g/mol. The summed E-state index contributed by atoms with van der Waals surface area (Å²) in [6.45, 7) is 2.95. The number of alkyl halides is 1. The summed E-state index contributed by atoms with van der Waals surface area (Å²) in [5.41, 5.74) is 1.87. The van der Waals surface area contributed by atoms with Gasteiger partial charge in [0, 0.05) is 6.54 Å². The molecule has 110 valence electrons. The number of halogens is 1. The predicted octanol–water partition coefficient (Wildman–Crippen LogP) is 3.68. The maximum absolute atomic E-state index is 11.7. The standard InChI is InChI=1S/C17H18ClNO2/c1-2-19-17(20)16(18)14-8-10-15(11-9-14)21-12-13-6-4-3-5-7-13/h3-11,16H,2,12H2,1H3,(H,19,20). The van der Waals surface area contributed by atoms with E-state index >= 15 is 0 Å². The largest absolute Gasteiger partial charge is 0.489 e. The van der Waals surface area contributed by atoms with Crippen molar-refractivity contribution in [3.8, 4) is 5.75 Å². The highest BCUT2D eigenvalue weighted by Gasteiger charge is 2.16. The lowest BCUT2D eigenvalue weighted by molar-refractivity contribution is -0.120. The van der Waals surface area contributed by atoms with Gasteiger partial charge in [-0.25, -0.2) is 0 Å². The molecule has 0 saturated carbocycles. The third-order valence-corrected chi connectivity index (χ3v) is 3.45. The molecule has 3 nitrogen and oxygen atoms in total. The van der Waals surface area contributed by atoms with Crippen molar-refractivity contribution in [1.29, 1.82) is 0 Å². The van der Waals surface area contributed by atoms with Gasteiger partial charge in [-0.1, -0.05) is 42.5 Å². The van der Waals surface area contributed by atoms with Crippen LogP contribution in [0.2, 0.25) is 0 Å². The second-order valence-electron chi connectivity index (χ2n) is 4.60. The van der Waals surface area contributed by atoms with Gasteiger partial charge in [-0.2, -0.15) is 0 Å². The van der Waals surface area contributed by atoms with Gasteiger partial charge in [-0.05, 0) is 30.2 Å². The molecule has 0 fully saturated rings. The van der Waals surface area contributed by atoms with Crippen molar-refractivity contribution in [2.75, 3.05) is 6.54 Å². The average Bonchev–Trinajstić information content (AvgIpc) is 2.54. The minimum Gasteiger partial charge on any atom is -0.489 e. The summed E-state index contributed by atoms with van der Waals surface area (Å²) in [4.78, 5) is 11.7. The Kier molecular flexibility index (Phi) is 5.64. The molecule has 1 unspecified atom stereocenters. The molecule has 0 radical (unpaired) electrons. The second-order valence-corrected chi connectivity index (χ2v) is 5.04. The van der Waals surface area contributed by atoms with E-state index in [9.17, 15) is 4.79 Å². The van der Waals surface area contributed by atoms with Crippen LogP contribution in [0.4, 0.5) is 0 Å². The third-order valence-electron chi connectivity index (χ3n) is 3.00. The summed E-state index contributed by atoms with van der Waals surface area (Å²) in [5.74, 6) is 0.569. The van der Waals surface area contributed by atoms with Crippen LogP contribution in [0.5, 0.6) is 5.75 Å². The molecule has 0 spiro atoms. The molecule has 1 atom stereocenters. The lowest BCUT2D eigenvalue weighted by Crippen LogP contribution is -2.26. The van der Waals surface area contributed by atoms with E-state index in [4.69, 9.17) is 16.3 Å². The molecule has 0 aliphatic carbocycles. The van der Waals surface area contributed by atoms with Gasteiger partial charge in [-0.3, -0.25) is 4.79 Å². The highest BCUT2D eigenvalue weighted by atomic mass is 35.5. The summed E-state index contributed by atoms with van der Waals surface area (Å²) in [7, 11) is 0. The number of hydrogen-bond donors (Lipinski definition) is 1. The molecule has 0 saturated heterocycles. The third kappa shape index (κ3) is 4.50. The number of rotatable bonds is 6. The molecule has 0 heterocycles. The molecular formula is C17H18ClNO2. The van der Waals surface area contributed by atoms with Crippen molar-refractivity contribution in [3.63, 3.8) is 0 Å². The molecule has 2 aromatic carbocycles. The lowest BCUT2D eigenvalue weighted by atomic mass is 10.1. The Morgan fingerprint density at radius 1 is 1.14 bits per heavy atom.